The molecule has 0 aliphatic carbocycles. The predicted molar refractivity (Wildman–Crippen MR) is 119 cm³/mol. The van der Waals surface area contributed by atoms with Crippen LogP contribution in [-0.2, 0) is 6.42 Å². The first-order valence-corrected chi connectivity index (χ1v) is 10.0. The molecule has 0 bridgehead atoms. The van der Waals surface area contributed by atoms with Gasteiger partial charge in [-0.25, -0.2) is 4.98 Å². The van der Waals surface area contributed by atoms with Crippen molar-refractivity contribution in [1.82, 2.24) is 30.7 Å². The van der Waals surface area contributed by atoms with Crippen LogP contribution in [0.3, 0.4) is 0 Å². The Kier molecular flexibility index (Phi) is 4.98. The smallest absolute Gasteiger partial charge is 0.251 e. The van der Waals surface area contributed by atoms with Gasteiger partial charge in [-0.15, -0.1) is 0 Å². The van der Waals surface area contributed by atoms with Crippen LogP contribution in [-0.4, -0.2) is 37.8 Å². The largest absolute Gasteiger partial charge is 0.352 e. The van der Waals surface area contributed by atoms with Crippen molar-refractivity contribution >= 4 is 16.8 Å². The van der Waals surface area contributed by atoms with Gasteiger partial charge in [0, 0.05) is 28.6 Å². The van der Waals surface area contributed by atoms with E-state index >= 15 is 0 Å². The molecule has 3 aromatic carbocycles. The second kappa shape index (κ2) is 8.23. The van der Waals surface area contributed by atoms with Gasteiger partial charge in [0.25, 0.3) is 5.91 Å². The lowest BCUT2D eigenvalue weighted by molar-refractivity contribution is 0.0954. The van der Waals surface area contributed by atoms with E-state index in [0.29, 0.717) is 17.9 Å². The van der Waals surface area contributed by atoms with Crippen molar-refractivity contribution < 1.29 is 4.79 Å². The summed E-state index contributed by atoms with van der Waals surface area (Å²) < 4.78 is 0. The van der Waals surface area contributed by atoms with E-state index < -0.39 is 0 Å². The highest BCUT2D eigenvalue weighted by atomic mass is 16.1. The van der Waals surface area contributed by atoms with Crippen molar-refractivity contribution in [1.29, 1.82) is 0 Å². The number of amides is 1. The quantitative estimate of drug-likeness (QED) is 0.396. The van der Waals surface area contributed by atoms with E-state index in [1.54, 1.807) is 0 Å². The molecule has 0 fully saturated rings. The van der Waals surface area contributed by atoms with E-state index in [1.807, 2.05) is 60.7 Å². The van der Waals surface area contributed by atoms with Gasteiger partial charge < -0.3 is 5.32 Å². The van der Waals surface area contributed by atoms with Gasteiger partial charge in [-0.2, -0.15) is 10.2 Å². The molecule has 0 saturated carbocycles. The van der Waals surface area contributed by atoms with Crippen molar-refractivity contribution in [3.63, 3.8) is 0 Å². The Balaban J connectivity index is 1.38. The molecule has 0 aliphatic rings. The fourth-order valence-electron chi connectivity index (χ4n) is 3.60. The maximum Gasteiger partial charge on any atom is 0.251 e. The average molecular weight is 408 g/mol. The van der Waals surface area contributed by atoms with E-state index in [9.17, 15) is 4.79 Å². The van der Waals surface area contributed by atoms with Crippen LogP contribution in [0.4, 0.5) is 0 Å². The van der Waals surface area contributed by atoms with E-state index in [1.165, 1.54) is 11.9 Å². The highest BCUT2D eigenvalue weighted by Crippen LogP contribution is 2.29. The number of carbonyl (C=O) groups excluding carboxylic acids is 1. The van der Waals surface area contributed by atoms with Crippen LogP contribution in [0.1, 0.15) is 15.9 Å². The molecule has 2 aromatic heterocycles. The molecule has 0 aliphatic heterocycles. The number of nitrogens with zero attached hydrogens (tertiary/aromatic N) is 3. The second-order valence-corrected chi connectivity index (χ2v) is 7.24. The van der Waals surface area contributed by atoms with Gasteiger partial charge >= 0.3 is 0 Å². The van der Waals surface area contributed by atoms with Gasteiger partial charge in [0.15, 0.2) is 5.82 Å². The van der Waals surface area contributed by atoms with Crippen LogP contribution in [0.5, 0.6) is 0 Å². The fourth-order valence-corrected chi connectivity index (χ4v) is 3.60. The molecule has 0 atom stereocenters. The van der Waals surface area contributed by atoms with Gasteiger partial charge in [0.05, 0.1) is 11.2 Å². The number of fused-ring (bicyclic) bond motifs is 1. The SMILES string of the molecule is O=C(NCCc1ccccc1)c1cccc(-c2n[nH]c3ccc(-c4ncn[nH]4)cc23)c1. The second-order valence-electron chi connectivity index (χ2n) is 7.24. The maximum atomic E-state index is 12.7. The van der Waals surface area contributed by atoms with E-state index in [0.717, 1.165) is 34.1 Å². The molecule has 0 spiro atoms. The lowest BCUT2D eigenvalue weighted by Gasteiger charge is -2.07. The summed E-state index contributed by atoms with van der Waals surface area (Å²) >= 11 is 0. The van der Waals surface area contributed by atoms with Crippen molar-refractivity contribution in [3.8, 4) is 22.6 Å². The highest BCUT2D eigenvalue weighted by Gasteiger charge is 2.13. The van der Waals surface area contributed by atoms with Crippen LogP contribution in [0.15, 0.2) is 79.1 Å². The van der Waals surface area contributed by atoms with Crippen LogP contribution in [0, 0.1) is 0 Å². The first-order valence-electron chi connectivity index (χ1n) is 10.0. The molecule has 152 valence electrons. The fraction of sp³-hybridized carbons (Fsp3) is 0.0833. The zero-order valence-corrected chi connectivity index (χ0v) is 16.7. The molecule has 0 saturated heterocycles. The summed E-state index contributed by atoms with van der Waals surface area (Å²) in [4.78, 5) is 16.9. The number of aromatic amines is 2. The predicted octanol–water partition coefficient (Wildman–Crippen LogP) is 3.99. The zero-order valence-electron chi connectivity index (χ0n) is 16.7. The summed E-state index contributed by atoms with van der Waals surface area (Å²) in [5, 5.41) is 18.3. The molecular weight excluding hydrogens is 388 g/mol. The number of aromatic nitrogens is 5. The molecule has 7 heteroatoms. The van der Waals surface area contributed by atoms with Gasteiger partial charge in [-0.1, -0.05) is 42.5 Å². The third-order valence-electron chi connectivity index (χ3n) is 5.19. The molecule has 5 aromatic rings. The van der Waals surface area contributed by atoms with Crippen molar-refractivity contribution in [3.05, 3.63) is 90.3 Å². The molecule has 31 heavy (non-hydrogen) atoms. The number of benzene rings is 3. The van der Waals surface area contributed by atoms with Gasteiger partial charge in [-0.3, -0.25) is 15.0 Å². The van der Waals surface area contributed by atoms with Crippen LogP contribution in [0.2, 0.25) is 0 Å². The summed E-state index contributed by atoms with van der Waals surface area (Å²) in [6, 6.07) is 23.6. The molecule has 3 N–H and O–H groups in total. The zero-order chi connectivity index (χ0) is 21.0. The number of hydrogen-bond acceptors (Lipinski definition) is 4. The minimum Gasteiger partial charge on any atom is -0.352 e. The van der Waals surface area contributed by atoms with E-state index in [2.05, 4.69) is 42.8 Å². The van der Waals surface area contributed by atoms with E-state index in [4.69, 9.17) is 0 Å². The monoisotopic (exact) mass is 408 g/mol. The molecule has 0 radical (unpaired) electrons. The summed E-state index contributed by atoms with van der Waals surface area (Å²) in [6.07, 6.45) is 2.27. The van der Waals surface area contributed by atoms with Gasteiger partial charge in [0.1, 0.15) is 6.33 Å². The molecule has 0 unspecified atom stereocenters. The van der Waals surface area contributed by atoms with Crippen LogP contribution < -0.4 is 5.32 Å². The van der Waals surface area contributed by atoms with Crippen molar-refractivity contribution in [2.45, 2.75) is 6.42 Å². The average Bonchev–Trinajstić information content (AvgIpc) is 3.50. The Hall–Kier alpha value is -4.26. The summed E-state index contributed by atoms with van der Waals surface area (Å²) in [5.41, 5.74) is 5.29. The summed E-state index contributed by atoms with van der Waals surface area (Å²) in [5.74, 6) is 0.598. The summed E-state index contributed by atoms with van der Waals surface area (Å²) in [7, 11) is 0. The third kappa shape index (κ3) is 3.93. The van der Waals surface area contributed by atoms with E-state index in [-0.39, 0.29) is 5.91 Å². The molecule has 5 rings (SSSR count). The van der Waals surface area contributed by atoms with Crippen molar-refractivity contribution in [2.24, 2.45) is 0 Å². The molecular formula is C24H20N6O. The molecule has 1 amide bonds. The number of hydrogen-bond donors (Lipinski definition) is 3. The standard InChI is InChI=1S/C24H20N6O/c31-24(25-12-11-16-5-2-1-3-6-16)19-8-4-7-17(13-19)22-20-14-18(23-26-15-27-30-23)9-10-21(20)28-29-22/h1-10,13-15H,11-12H2,(H,25,31)(H,28,29)(H,26,27,30). The Bertz CT molecular complexity index is 1320. The normalized spacial score (nSPS) is 11.0. The molecule has 7 nitrogen and oxygen atoms in total. The number of carbonyl (C=O) groups is 1. The third-order valence-corrected chi connectivity index (χ3v) is 5.19. The Labute approximate surface area is 178 Å². The number of H-pyrrole nitrogens is 2. The van der Waals surface area contributed by atoms with Crippen LogP contribution >= 0.6 is 0 Å². The Morgan fingerprint density at radius 1 is 0.903 bits per heavy atom. The highest BCUT2D eigenvalue weighted by molar-refractivity contribution is 5.98. The topological polar surface area (TPSA) is 99.3 Å². The van der Waals surface area contributed by atoms with Gasteiger partial charge in [-0.05, 0) is 42.3 Å². The Morgan fingerprint density at radius 3 is 2.65 bits per heavy atom. The Morgan fingerprint density at radius 2 is 1.81 bits per heavy atom. The minimum atomic E-state index is -0.0972. The van der Waals surface area contributed by atoms with Gasteiger partial charge in [0.2, 0.25) is 0 Å². The summed E-state index contributed by atoms with van der Waals surface area (Å²) in [6.45, 7) is 0.582. The molecule has 2 heterocycles. The first kappa shape index (κ1) is 18.7. The number of rotatable bonds is 6. The first-order chi connectivity index (χ1) is 15.3. The van der Waals surface area contributed by atoms with Crippen molar-refractivity contribution in [2.75, 3.05) is 6.54 Å². The van der Waals surface area contributed by atoms with Crippen LogP contribution in [0.25, 0.3) is 33.5 Å². The lowest BCUT2D eigenvalue weighted by Crippen LogP contribution is -2.25. The number of nitrogens with one attached hydrogen (secondary N) is 3. The minimum absolute atomic E-state index is 0.0972. The lowest BCUT2D eigenvalue weighted by atomic mass is 10.0. The maximum absolute atomic E-state index is 12.7.